The van der Waals surface area contributed by atoms with E-state index in [0.717, 1.165) is 18.9 Å². The van der Waals surface area contributed by atoms with Crippen molar-refractivity contribution in [3.8, 4) is 5.75 Å². The van der Waals surface area contributed by atoms with Crippen LogP contribution in [-0.2, 0) is 21.0 Å². The van der Waals surface area contributed by atoms with Crippen molar-refractivity contribution in [2.24, 2.45) is 0 Å². The summed E-state index contributed by atoms with van der Waals surface area (Å²) >= 11 is 12.1. The first kappa shape index (κ1) is 29.7. The van der Waals surface area contributed by atoms with Gasteiger partial charge in [0, 0.05) is 40.9 Å². The van der Waals surface area contributed by atoms with Gasteiger partial charge in [-0.2, -0.15) is 5.10 Å². The van der Waals surface area contributed by atoms with Crippen molar-refractivity contribution in [1.82, 2.24) is 24.6 Å². The first-order valence-electron chi connectivity index (χ1n) is 13.2. The molecule has 2 unspecified atom stereocenters. The third-order valence-electron chi connectivity index (χ3n) is 6.71. The molecule has 0 aliphatic carbocycles. The second-order valence-corrected chi connectivity index (χ2v) is 17.5. The number of halogens is 2. The molecule has 0 N–H and O–H groups in total. The Labute approximate surface area is 239 Å². The molecule has 2 aromatic heterocycles. The quantitative estimate of drug-likeness (QED) is 0.284. The van der Waals surface area contributed by atoms with Gasteiger partial charge in [0.05, 0.1) is 42.2 Å². The number of anilines is 1. The summed E-state index contributed by atoms with van der Waals surface area (Å²) in [5.74, 6) is 0.902. The first-order chi connectivity index (χ1) is 18.6. The predicted molar refractivity (Wildman–Crippen MR) is 151 cm³/mol. The van der Waals surface area contributed by atoms with E-state index in [1.165, 1.54) is 10.9 Å². The van der Waals surface area contributed by atoms with Gasteiger partial charge in [0.15, 0.2) is 10.8 Å². The Morgan fingerprint density at radius 2 is 1.77 bits per heavy atom. The van der Waals surface area contributed by atoms with Crippen LogP contribution < -0.4 is 15.2 Å². The molecule has 214 valence electrons. The van der Waals surface area contributed by atoms with Crippen molar-refractivity contribution in [3.05, 3.63) is 39.0 Å². The van der Waals surface area contributed by atoms with E-state index >= 15 is 0 Å². The molecule has 0 aromatic carbocycles. The first-order valence-corrected chi connectivity index (χ1v) is 17.7. The Morgan fingerprint density at radius 1 is 1.08 bits per heavy atom. The van der Waals surface area contributed by atoms with Gasteiger partial charge in [-0.1, -0.05) is 42.8 Å². The largest absolute Gasteiger partial charge is 0.487 e. The SMILES string of the molecule is C[Si](C)(C)CCOCn1ncc(OCC2CCC(CC(=O)N3CCN(c4ncc(Cl)cn4)CC3)O2)c(Cl)c1=O. The molecule has 0 bridgehead atoms. The normalized spacial score (nSPS) is 19.9. The number of rotatable bonds is 11. The average molecular weight is 600 g/mol. The van der Waals surface area contributed by atoms with Gasteiger partial charge in [-0.05, 0) is 18.9 Å². The molecule has 1 amide bonds. The summed E-state index contributed by atoms with van der Waals surface area (Å²) in [7, 11) is -1.21. The van der Waals surface area contributed by atoms with Crippen LogP contribution in [0.15, 0.2) is 23.4 Å². The lowest BCUT2D eigenvalue weighted by Crippen LogP contribution is -2.49. The van der Waals surface area contributed by atoms with Crippen molar-refractivity contribution < 1.29 is 19.0 Å². The number of piperazine rings is 1. The minimum absolute atomic E-state index is 0.0355. The highest BCUT2D eigenvalue weighted by atomic mass is 35.5. The van der Waals surface area contributed by atoms with Gasteiger partial charge in [-0.3, -0.25) is 9.59 Å². The number of nitrogens with zero attached hydrogens (tertiary/aromatic N) is 6. The van der Waals surface area contributed by atoms with Gasteiger partial charge in [0.2, 0.25) is 11.9 Å². The molecular weight excluding hydrogens is 563 g/mol. The van der Waals surface area contributed by atoms with Crippen molar-refractivity contribution in [2.75, 3.05) is 44.3 Å². The highest BCUT2D eigenvalue weighted by Gasteiger charge is 2.31. The summed E-state index contributed by atoms with van der Waals surface area (Å²) < 4.78 is 18.6. The number of aromatic nitrogens is 4. The van der Waals surface area contributed by atoms with E-state index in [9.17, 15) is 9.59 Å². The Balaban J connectivity index is 1.18. The van der Waals surface area contributed by atoms with Crippen molar-refractivity contribution in [1.29, 1.82) is 0 Å². The molecular formula is C25H36Cl2N6O5Si. The van der Waals surface area contributed by atoms with Crippen molar-refractivity contribution >= 4 is 43.1 Å². The van der Waals surface area contributed by atoms with Gasteiger partial charge in [-0.15, -0.1) is 0 Å². The lowest BCUT2D eigenvalue weighted by atomic mass is 10.1. The van der Waals surface area contributed by atoms with Crippen LogP contribution in [0, 0.1) is 0 Å². The Kier molecular flexibility index (Phi) is 10.2. The van der Waals surface area contributed by atoms with Crippen molar-refractivity contribution in [3.63, 3.8) is 0 Å². The van der Waals surface area contributed by atoms with Gasteiger partial charge >= 0.3 is 0 Å². The minimum Gasteiger partial charge on any atom is -0.487 e. The Morgan fingerprint density at radius 3 is 2.46 bits per heavy atom. The number of ether oxygens (including phenoxy) is 3. The monoisotopic (exact) mass is 598 g/mol. The van der Waals surface area contributed by atoms with Gasteiger partial charge in [0.1, 0.15) is 13.3 Å². The number of amides is 1. The van der Waals surface area contributed by atoms with E-state index in [4.69, 9.17) is 37.4 Å². The van der Waals surface area contributed by atoms with Crippen LogP contribution in [0.5, 0.6) is 5.75 Å². The molecule has 4 heterocycles. The zero-order valence-electron chi connectivity index (χ0n) is 22.6. The molecule has 4 rings (SSSR count). The second-order valence-electron chi connectivity index (χ2n) is 11.0. The molecule has 2 atom stereocenters. The van der Waals surface area contributed by atoms with Gasteiger partial charge < -0.3 is 24.0 Å². The van der Waals surface area contributed by atoms with Crippen molar-refractivity contribution in [2.45, 2.75) is 63.9 Å². The van der Waals surface area contributed by atoms with Gasteiger partial charge in [0.25, 0.3) is 5.56 Å². The molecule has 2 saturated heterocycles. The van der Waals surface area contributed by atoms with Crippen LogP contribution in [0.3, 0.4) is 0 Å². The molecule has 0 spiro atoms. The molecule has 2 aliphatic rings. The molecule has 0 saturated carbocycles. The zero-order valence-corrected chi connectivity index (χ0v) is 25.2. The summed E-state index contributed by atoms with van der Waals surface area (Å²) in [6.45, 7) is 10.2. The van der Waals surface area contributed by atoms with Crippen LogP contribution in [0.1, 0.15) is 19.3 Å². The van der Waals surface area contributed by atoms with E-state index in [0.29, 0.717) is 50.2 Å². The number of carbonyl (C=O) groups is 1. The summed E-state index contributed by atoms with van der Waals surface area (Å²) in [5, 5.41) is 4.58. The smallest absolute Gasteiger partial charge is 0.291 e. The zero-order chi connectivity index (χ0) is 28.0. The fourth-order valence-corrected chi connectivity index (χ4v) is 5.41. The average Bonchev–Trinajstić information content (AvgIpc) is 3.35. The van der Waals surface area contributed by atoms with E-state index in [1.807, 2.05) is 9.80 Å². The topological polar surface area (TPSA) is 112 Å². The Hall–Kier alpha value is -2.25. The highest BCUT2D eigenvalue weighted by Crippen LogP contribution is 2.26. The van der Waals surface area contributed by atoms with E-state index in [-0.39, 0.29) is 42.2 Å². The standard InChI is InChI=1S/C25H36Cl2N6O5Si/c1-39(2,3)11-10-36-17-33-24(35)23(27)21(15-30-33)37-16-20-5-4-19(38-20)12-22(34)31-6-8-32(9-7-31)25-28-13-18(26)14-29-25/h13-15,19-20H,4-12,16-17H2,1-3H3. The van der Waals surface area contributed by atoms with Crippen LogP contribution in [-0.4, -0.2) is 90.2 Å². The van der Waals surface area contributed by atoms with Crippen LogP contribution in [0.4, 0.5) is 5.95 Å². The third kappa shape index (κ3) is 8.61. The fourth-order valence-electron chi connectivity index (χ4n) is 4.36. The fraction of sp³-hybridized carbons (Fsp3) is 0.640. The maximum Gasteiger partial charge on any atom is 0.291 e. The maximum absolute atomic E-state index is 12.9. The summed E-state index contributed by atoms with van der Waals surface area (Å²) in [6.07, 6.45) is 6.06. The summed E-state index contributed by atoms with van der Waals surface area (Å²) in [4.78, 5) is 37.8. The molecule has 0 radical (unpaired) electrons. The maximum atomic E-state index is 12.9. The molecule has 2 fully saturated rings. The third-order valence-corrected chi connectivity index (χ3v) is 8.95. The number of carbonyl (C=O) groups excluding carboxylic acids is 1. The molecule has 14 heteroatoms. The van der Waals surface area contributed by atoms with Gasteiger partial charge in [-0.25, -0.2) is 14.6 Å². The van der Waals surface area contributed by atoms with E-state index in [2.05, 4.69) is 34.7 Å². The summed E-state index contributed by atoms with van der Waals surface area (Å²) in [5.41, 5.74) is -0.458. The molecule has 39 heavy (non-hydrogen) atoms. The highest BCUT2D eigenvalue weighted by molar-refractivity contribution is 6.76. The minimum atomic E-state index is -1.21. The van der Waals surface area contributed by atoms with Crippen LogP contribution >= 0.6 is 23.2 Å². The number of hydrogen-bond acceptors (Lipinski definition) is 9. The molecule has 11 nitrogen and oxygen atoms in total. The summed E-state index contributed by atoms with van der Waals surface area (Å²) in [6, 6.07) is 1.00. The second kappa shape index (κ2) is 13.4. The van der Waals surface area contributed by atoms with Crippen LogP contribution in [0.25, 0.3) is 0 Å². The lowest BCUT2D eigenvalue weighted by Gasteiger charge is -2.35. The Bertz CT molecular complexity index is 1170. The molecule has 2 aliphatic heterocycles. The lowest BCUT2D eigenvalue weighted by molar-refractivity contribution is -0.134. The van der Waals surface area contributed by atoms with Crippen LogP contribution in [0.2, 0.25) is 35.7 Å². The van der Waals surface area contributed by atoms with E-state index < -0.39 is 13.6 Å². The van der Waals surface area contributed by atoms with E-state index in [1.54, 1.807) is 12.4 Å². The molecule has 2 aromatic rings. The number of hydrogen-bond donors (Lipinski definition) is 0. The predicted octanol–water partition coefficient (Wildman–Crippen LogP) is 3.32.